The Morgan fingerprint density at radius 1 is 1.52 bits per heavy atom. The van der Waals surface area contributed by atoms with Gasteiger partial charge in [0.1, 0.15) is 18.0 Å². The van der Waals surface area contributed by atoms with E-state index in [1.54, 1.807) is 38.3 Å². The van der Waals surface area contributed by atoms with Gasteiger partial charge in [-0.1, -0.05) is 12.1 Å². The normalized spacial score (nSPS) is 23.4. The fraction of sp³-hybridized carbons (Fsp3) is 0.385. The quantitative estimate of drug-likeness (QED) is 0.600. The van der Waals surface area contributed by atoms with Gasteiger partial charge in [-0.25, -0.2) is 0 Å². The van der Waals surface area contributed by atoms with E-state index in [0.29, 0.717) is 5.75 Å². The van der Waals surface area contributed by atoms with Gasteiger partial charge in [-0.3, -0.25) is 20.3 Å². The van der Waals surface area contributed by atoms with E-state index in [1.807, 2.05) is 0 Å². The summed E-state index contributed by atoms with van der Waals surface area (Å²) in [6.07, 6.45) is 1.04. The third-order valence-electron chi connectivity index (χ3n) is 3.47. The largest absolute Gasteiger partial charge is 0.497 e. The number of methoxy groups -OCH3 is 1. The minimum absolute atomic E-state index is 0.193. The van der Waals surface area contributed by atoms with Gasteiger partial charge in [0.05, 0.1) is 7.11 Å². The second-order valence-electron chi connectivity index (χ2n) is 4.72. The second-order valence-corrected chi connectivity index (χ2v) is 4.72. The molecular formula is C13H16N4O4. The van der Waals surface area contributed by atoms with Crippen LogP contribution in [0.25, 0.3) is 0 Å². The first kappa shape index (κ1) is 14.8. The Morgan fingerprint density at radius 2 is 2.19 bits per heavy atom. The van der Waals surface area contributed by atoms with Gasteiger partial charge in [-0.15, -0.1) is 0 Å². The Balaban J connectivity index is 2.06. The number of hydrogen-bond donors (Lipinski definition) is 2. The molecule has 2 rings (SSSR count). The molecule has 1 aromatic rings. The Kier molecular flexibility index (Phi) is 4.06. The van der Waals surface area contributed by atoms with Gasteiger partial charge in [-0.05, 0) is 24.6 Å². The number of amides is 1. The molecule has 0 fully saturated rings. The van der Waals surface area contributed by atoms with Gasteiger partial charge in [0.2, 0.25) is 0 Å². The van der Waals surface area contributed by atoms with Crippen LogP contribution in [0, 0.1) is 10.1 Å². The molecule has 0 saturated heterocycles. The lowest BCUT2D eigenvalue weighted by Crippen LogP contribution is -2.60. The smallest absolute Gasteiger partial charge is 0.355 e. The standard InChI is InChI=1S/C13H16N4O4/c1-9-13(17(19)20,8-15-16-9)12(18)14-7-10-3-5-11(21-2)6-4-10/h3-6,8-9,16H,7H2,1-2H3,(H,14,18). The molecule has 112 valence electrons. The lowest BCUT2D eigenvalue weighted by molar-refractivity contribution is -0.531. The van der Waals surface area contributed by atoms with E-state index in [-0.39, 0.29) is 6.54 Å². The van der Waals surface area contributed by atoms with Crippen LogP contribution in [-0.4, -0.2) is 35.7 Å². The monoisotopic (exact) mass is 292 g/mol. The van der Waals surface area contributed by atoms with Crippen molar-refractivity contribution in [3.05, 3.63) is 39.9 Å². The van der Waals surface area contributed by atoms with Crippen LogP contribution in [0.5, 0.6) is 5.75 Å². The van der Waals surface area contributed by atoms with Crippen LogP contribution in [0.15, 0.2) is 29.4 Å². The van der Waals surface area contributed by atoms with E-state index < -0.39 is 22.4 Å². The van der Waals surface area contributed by atoms with Gasteiger partial charge in [0.25, 0.3) is 0 Å². The molecule has 1 aliphatic heterocycles. The molecule has 1 aliphatic rings. The zero-order valence-corrected chi connectivity index (χ0v) is 11.7. The summed E-state index contributed by atoms with van der Waals surface area (Å²) < 4.78 is 5.04. The van der Waals surface area contributed by atoms with Crippen LogP contribution in [0.1, 0.15) is 12.5 Å². The minimum atomic E-state index is -1.87. The lowest BCUT2D eigenvalue weighted by atomic mass is 9.93. The van der Waals surface area contributed by atoms with E-state index in [9.17, 15) is 14.9 Å². The van der Waals surface area contributed by atoms with E-state index in [2.05, 4.69) is 15.8 Å². The fourth-order valence-corrected chi connectivity index (χ4v) is 2.07. The molecule has 0 spiro atoms. The summed E-state index contributed by atoms with van der Waals surface area (Å²) in [4.78, 5) is 22.9. The molecule has 2 atom stereocenters. The van der Waals surface area contributed by atoms with Crippen LogP contribution >= 0.6 is 0 Å². The number of hydrazone groups is 1. The summed E-state index contributed by atoms with van der Waals surface area (Å²) in [7, 11) is 1.56. The van der Waals surface area contributed by atoms with Crippen LogP contribution in [0.4, 0.5) is 0 Å². The Hall–Kier alpha value is -2.64. The van der Waals surface area contributed by atoms with Gasteiger partial charge in [-0.2, -0.15) is 5.10 Å². The first-order chi connectivity index (χ1) is 10.0. The average Bonchev–Trinajstić information content (AvgIpc) is 2.88. The Labute approximate surface area is 121 Å². The van der Waals surface area contributed by atoms with E-state index in [0.717, 1.165) is 11.8 Å². The van der Waals surface area contributed by atoms with Crippen LogP contribution in [0.3, 0.4) is 0 Å². The predicted molar refractivity (Wildman–Crippen MR) is 75.7 cm³/mol. The molecular weight excluding hydrogens is 276 g/mol. The SMILES string of the molecule is COc1ccc(CNC(=O)C2([N+](=O)[O-])C=NNC2C)cc1. The van der Waals surface area contributed by atoms with Crippen molar-refractivity contribution in [1.29, 1.82) is 0 Å². The molecule has 0 aromatic heterocycles. The topological polar surface area (TPSA) is 106 Å². The van der Waals surface area contributed by atoms with Gasteiger partial charge < -0.3 is 10.1 Å². The van der Waals surface area contributed by atoms with Crippen molar-refractivity contribution in [3.63, 3.8) is 0 Å². The van der Waals surface area contributed by atoms with Crippen LogP contribution in [-0.2, 0) is 11.3 Å². The van der Waals surface area contributed by atoms with Crippen molar-refractivity contribution >= 4 is 12.1 Å². The highest BCUT2D eigenvalue weighted by Crippen LogP contribution is 2.18. The van der Waals surface area contributed by atoms with Gasteiger partial charge in [0.15, 0.2) is 0 Å². The van der Waals surface area contributed by atoms with Crippen molar-refractivity contribution in [3.8, 4) is 5.75 Å². The van der Waals surface area contributed by atoms with Crippen molar-refractivity contribution in [1.82, 2.24) is 10.7 Å². The van der Waals surface area contributed by atoms with E-state index in [1.165, 1.54) is 0 Å². The molecule has 1 aromatic carbocycles. The van der Waals surface area contributed by atoms with E-state index in [4.69, 9.17) is 4.74 Å². The maximum absolute atomic E-state index is 12.2. The molecule has 1 amide bonds. The number of rotatable bonds is 5. The molecule has 2 unspecified atom stereocenters. The minimum Gasteiger partial charge on any atom is -0.497 e. The van der Waals surface area contributed by atoms with Crippen molar-refractivity contribution in [2.24, 2.45) is 5.10 Å². The third kappa shape index (κ3) is 2.64. The highest BCUT2D eigenvalue weighted by molar-refractivity contribution is 6.03. The number of nitrogens with one attached hydrogen (secondary N) is 2. The second kappa shape index (κ2) is 5.78. The maximum Gasteiger partial charge on any atom is 0.355 e. The van der Waals surface area contributed by atoms with E-state index >= 15 is 0 Å². The fourth-order valence-electron chi connectivity index (χ4n) is 2.07. The summed E-state index contributed by atoms with van der Waals surface area (Å²) in [5, 5.41) is 17.5. The highest BCUT2D eigenvalue weighted by atomic mass is 16.6. The van der Waals surface area contributed by atoms with Crippen LogP contribution < -0.4 is 15.5 Å². The Bertz CT molecular complexity index is 572. The zero-order valence-electron chi connectivity index (χ0n) is 11.7. The summed E-state index contributed by atoms with van der Waals surface area (Å²) in [6, 6.07) is 6.37. The highest BCUT2D eigenvalue weighted by Gasteiger charge is 2.57. The number of carbonyl (C=O) groups is 1. The summed E-state index contributed by atoms with van der Waals surface area (Å²) in [5.41, 5.74) is 1.49. The first-order valence-corrected chi connectivity index (χ1v) is 6.36. The number of carbonyl (C=O) groups excluding carboxylic acids is 1. The molecule has 21 heavy (non-hydrogen) atoms. The zero-order chi connectivity index (χ0) is 15.5. The Morgan fingerprint density at radius 3 is 2.67 bits per heavy atom. The molecule has 8 nitrogen and oxygen atoms in total. The van der Waals surface area contributed by atoms with Crippen molar-refractivity contribution in [2.75, 3.05) is 7.11 Å². The summed E-state index contributed by atoms with van der Waals surface area (Å²) >= 11 is 0. The lowest BCUT2D eigenvalue weighted by Gasteiger charge is -2.20. The van der Waals surface area contributed by atoms with Crippen molar-refractivity contribution < 1.29 is 14.5 Å². The summed E-state index contributed by atoms with van der Waals surface area (Å²) in [5.74, 6) is 0.0113. The van der Waals surface area contributed by atoms with Gasteiger partial charge >= 0.3 is 11.4 Å². The average molecular weight is 292 g/mol. The molecule has 1 heterocycles. The number of benzene rings is 1. The number of nitro groups is 1. The molecule has 0 aliphatic carbocycles. The third-order valence-corrected chi connectivity index (χ3v) is 3.47. The first-order valence-electron chi connectivity index (χ1n) is 6.36. The molecule has 0 bridgehead atoms. The van der Waals surface area contributed by atoms with Gasteiger partial charge in [0, 0.05) is 11.5 Å². The van der Waals surface area contributed by atoms with Crippen molar-refractivity contribution in [2.45, 2.75) is 25.0 Å². The summed E-state index contributed by atoms with van der Waals surface area (Å²) in [6.45, 7) is 1.74. The molecule has 0 saturated carbocycles. The molecule has 0 radical (unpaired) electrons. The number of ether oxygens (including phenoxy) is 1. The van der Waals surface area contributed by atoms with Crippen LogP contribution in [0.2, 0.25) is 0 Å². The number of hydrogen-bond acceptors (Lipinski definition) is 6. The molecule has 8 heteroatoms. The molecule has 2 N–H and O–H groups in total. The maximum atomic E-state index is 12.2. The predicted octanol–water partition coefficient (Wildman–Crippen LogP) is 0.304. The number of nitrogens with zero attached hydrogens (tertiary/aromatic N) is 2.